The molecule has 2 heterocycles. The first-order valence-electron chi connectivity index (χ1n) is 13.3. The van der Waals surface area contributed by atoms with Gasteiger partial charge in [0, 0.05) is 59.5 Å². The number of hydrogen-bond acceptors (Lipinski definition) is 5. The Kier molecular flexibility index (Phi) is 8.67. The number of carbonyl (C=O) groups excluding carboxylic acids is 2. The van der Waals surface area contributed by atoms with Crippen molar-refractivity contribution < 1.29 is 9.59 Å². The fourth-order valence-electron chi connectivity index (χ4n) is 4.51. The predicted molar refractivity (Wildman–Crippen MR) is 164 cm³/mol. The van der Waals surface area contributed by atoms with Crippen LogP contribution in [0.15, 0.2) is 97.3 Å². The molecule has 8 heteroatoms. The number of nitrogens with zero attached hydrogens (tertiary/aromatic N) is 3. The van der Waals surface area contributed by atoms with E-state index < -0.39 is 0 Å². The Labute approximate surface area is 243 Å². The van der Waals surface area contributed by atoms with E-state index >= 15 is 0 Å². The number of amides is 1. The average molecular weight is 564 g/mol. The Hall–Kier alpha value is -4.59. The first-order valence-corrected chi connectivity index (χ1v) is 13.6. The van der Waals surface area contributed by atoms with Gasteiger partial charge in [-0.2, -0.15) is 0 Å². The van der Waals surface area contributed by atoms with Crippen LogP contribution in [0.25, 0.3) is 22.2 Å². The number of H-pyrrole nitrogens is 1. The molecule has 1 amide bonds. The molecule has 0 atom stereocenters. The molecule has 0 bridgehead atoms. The number of aromatic amines is 1. The molecule has 0 aliphatic carbocycles. The van der Waals surface area contributed by atoms with Crippen molar-refractivity contribution in [3.63, 3.8) is 0 Å². The van der Waals surface area contributed by atoms with E-state index in [1.165, 1.54) is 0 Å². The number of nitrogens with one attached hydrogen (secondary N) is 2. The van der Waals surface area contributed by atoms with Crippen molar-refractivity contribution in [2.24, 2.45) is 0 Å². The van der Waals surface area contributed by atoms with Gasteiger partial charge in [0.05, 0.1) is 10.7 Å². The first-order chi connectivity index (χ1) is 19.9. The number of allylic oxidation sites excluding steroid dienone is 1. The van der Waals surface area contributed by atoms with E-state index in [2.05, 4.69) is 15.3 Å². The zero-order valence-corrected chi connectivity index (χ0v) is 23.7. The smallest absolute Gasteiger partial charge is 0.255 e. The molecule has 2 N–H and O–H groups in total. The topological polar surface area (TPSA) is 91.0 Å². The lowest BCUT2D eigenvalue weighted by molar-refractivity contribution is -0.114. The zero-order chi connectivity index (χ0) is 28.8. The van der Waals surface area contributed by atoms with E-state index in [0.29, 0.717) is 40.6 Å². The van der Waals surface area contributed by atoms with E-state index in [1.54, 1.807) is 18.3 Å². The summed E-state index contributed by atoms with van der Waals surface area (Å²) in [5.41, 5.74) is 5.56. The number of aromatic nitrogens is 3. The number of likely N-dealkylation sites (N-methyl/N-ethyl adjacent to an activating group) is 1. The molecule has 0 unspecified atom stereocenters. The van der Waals surface area contributed by atoms with Gasteiger partial charge < -0.3 is 15.2 Å². The lowest BCUT2D eigenvalue weighted by Gasteiger charge is -2.09. The fourth-order valence-corrected chi connectivity index (χ4v) is 4.71. The van der Waals surface area contributed by atoms with Crippen molar-refractivity contribution in [2.45, 2.75) is 12.8 Å². The summed E-state index contributed by atoms with van der Waals surface area (Å²) in [6.07, 6.45) is 7.75. The molecule has 41 heavy (non-hydrogen) atoms. The van der Waals surface area contributed by atoms with Crippen LogP contribution in [0.3, 0.4) is 0 Å². The molecule has 0 aliphatic rings. The standard InChI is InChI=1S/C33H30ClN5O2/c1-39(2)16-6-9-26(40)18-22-12-14-25(15-13-22)37-33(41)24-8-5-7-23(17-24)19-31-36-21-29(34)32(38-31)28-20-35-30-11-4-3-10-27(28)30/h3-15,17,20-21,35H,16,18-19H2,1-2H3,(H,37,41)/b9-6+. The predicted octanol–water partition coefficient (Wildman–Crippen LogP) is 6.35. The van der Waals surface area contributed by atoms with Gasteiger partial charge in [-0.05, 0) is 61.6 Å². The molecule has 3 aromatic carbocycles. The van der Waals surface area contributed by atoms with Crippen LogP contribution in [0.2, 0.25) is 5.02 Å². The number of halogens is 1. The highest BCUT2D eigenvalue weighted by atomic mass is 35.5. The van der Waals surface area contributed by atoms with E-state index in [0.717, 1.165) is 34.1 Å². The highest BCUT2D eigenvalue weighted by Gasteiger charge is 2.14. The van der Waals surface area contributed by atoms with E-state index in [-0.39, 0.29) is 11.7 Å². The average Bonchev–Trinajstić information content (AvgIpc) is 3.39. The molecule has 0 saturated carbocycles. The second-order valence-electron chi connectivity index (χ2n) is 10.1. The largest absolute Gasteiger partial charge is 0.360 e. The number of carbonyl (C=O) groups is 2. The summed E-state index contributed by atoms with van der Waals surface area (Å²) < 4.78 is 0. The number of fused-ring (bicyclic) bond motifs is 1. The zero-order valence-electron chi connectivity index (χ0n) is 22.9. The fraction of sp³-hybridized carbons (Fsp3) is 0.152. The minimum absolute atomic E-state index is 0.0405. The van der Waals surface area contributed by atoms with Crippen LogP contribution in [-0.2, 0) is 17.6 Å². The summed E-state index contributed by atoms with van der Waals surface area (Å²) in [5.74, 6) is 0.423. The minimum Gasteiger partial charge on any atom is -0.360 e. The maximum absolute atomic E-state index is 13.0. The van der Waals surface area contributed by atoms with Crippen LogP contribution in [0, 0.1) is 0 Å². The maximum atomic E-state index is 13.0. The minimum atomic E-state index is -0.223. The molecule has 0 spiro atoms. The van der Waals surface area contributed by atoms with Gasteiger partial charge in [0.15, 0.2) is 5.78 Å². The van der Waals surface area contributed by atoms with E-state index in [9.17, 15) is 9.59 Å². The number of rotatable bonds is 10. The van der Waals surface area contributed by atoms with Crippen LogP contribution >= 0.6 is 11.6 Å². The molecule has 0 fully saturated rings. The summed E-state index contributed by atoms with van der Waals surface area (Å²) in [4.78, 5) is 39.6. The van der Waals surface area contributed by atoms with Crippen LogP contribution in [0.1, 0.15) is 27.3 Å². The lowest BCUT2D eigenvalue weighted by Crippen LogP contribution is -2.12. The Balaban J connectivity index is 1.24. The van der Waals surface area contributed by atoms with Crippen molar-refractivity contribution >= 4 is 39.9 Å². The first kappa shape index (κ1) is 28.0. The van der Waals surface area contributed by atoms with Crippen molar-refractivity contribution in [1.29, 1.82) is 0 Å². The Morgan fingerprint density at radius 1 is 1.00 bits per heavy atom. The number of ketones is 1. The second-order valence-corrected chi connectivity index (χ2v) is 10.5. The molecule has 0 radical (unpaired) electrons. The van der Waals surface area contributed by atoms with Gasteiger partial charge >= 0.3 is 0 Å². The van der Waals surface area contributed by atoms with Crippen molar-refractivity contribution in [2.75, 3.05) is 26.0 Å². The molecule has 206 valence electrons. The summed E-state index contributed by atoms with van der Waals surface area (Å²) in [5, 5.41) is 4.44. The van der Waals surface area contributed by atoms with Crippen molar-refractivity contribution in [1.82, 2.24) is 19.9 Å². The van der Waals surface area contributed by atoms with Gasteiger partial charge in [-0.3, -0.25) is 9.59 Å². The molecule has 7 nitrogen and oxygen atoms in total. The third-order valence-electron chi connectivity index (χ3n) is 6.55. The summed E-state index contributed by atoms with van der Waals surface area (Å²) in [7, 11) is 3.91. The second kappa shape index (κ2) is 12.7. The highest BCUT2D eigenvalue weighted by molar-refractivity contribution is 6.33. The Morgan fingerprint density at radius 3 is 2.61 bits per heavy atom. The van der Waals surface area contributed by atoms with Gasteiger partial charge in [0.1, 0.15) is 5.82 Å². The van der Waals surface area contributed by atoms with Gasteiger partial charge in [-0.1, -0.05) is 60.1 Å². The number of benzene rings is 3. The van der Waals surface area contributed by atoms with Crippen LogP contribution in [-0.4, -0.2) is 52.2 Å². The molecule has 2 aromatic heterocycles. The number of anilines is 1. The van der Waals surface area contributed by atoms with Crippen LogP contribution in [0.5, 0.6) is 0 Å². The normalized spacial score (nSPS) is 11.4. The monoisotopic (exact) mass is 563 g/mol. The Bertz CT molecular complexity index is 1720. The Morgan fingerprint density at radius 2 is 1.80 bits per heavy atom. The molecule has 0 aliphatic heterocycles. The van der Waals surface area contributed by atoms with Crippen molar-refractivity contribution in [3.05, 3.63) is 125 Å². The third kappa shape index (κ3) is 7.14. The summed E-state index contributed by atoms with van der Waals surface area (Å²) >= 11 is 6.49. The van der Waals surface area contributed by atoms with E-state index in [4.69, 9.17) is 16.6 Å². The molecule has 5 aromatic rings. The molecule has 0 saturated heterocycles. The van der Waals surface area contributed by atoms with Gasteiger partial charge in [0.25, 0.3) is 5.91 Å². The number of hydrogen-bond donors (Lipinski definition) is 2. The summed E-state index contributed by atoms with van der Waals surface area (Å²) in [6, 6.07) is 22.7. The summed E-state index contributed by atoms with van der Waals surface area (Å²) in [6.45, 7) is 0.719. The van der Waals surface area contributed by atoms with Crippen LogP contribution < -0.4 is 5.32 Å². The lowest BCUT2D eigenvalue weighted by atomic mass is 10.1. The third-order valence-corrected chi connectivity index (χ3v) is 6.83. The van der Waals surface area contributed by atoms with Crippen LogP contribution in [0.4, 0.5) is 5.69 Å². The quantitative estimate of drug-likeness (QED) is 0.193. The molecular formula is C33H30ClN5O2. The number of para-hydroxylation sites is 1. The molecular weight excluding hydrogens is 534 g/mol. The van der Waals surface area contributed by atoms with E-state index in [1.807, 2.05) is 98.0 Å². The van der Waals surface area contributed by atoms with Gasteiger partial charge in [0.2, 0.25) is 0 Å². The van der Waals surface area contributed by atoms with Gasteiger partial charge in [-0.15, -0.1) is 0 Å². The van der Waals surface area contributed by atoms with Gasteiger partial charge in [-0.25, -0.2) is 9.97 Å². The SMILES string of the molecule is CN(C)C/C=C/C(=O)Cc1ccc(NC(=O)c2cccc(Cc3ncc(Cl)c(-c4c[nH]c5ccccc45)n3)c2)cc1. The maximum Gasteiger partial charge on any atom is 0.255 e. The molecule has 5 rings (SSSR count). The van der Waals surface area contributed by atoms with Crippen molar-refractivity contribution in [3.8, 4) is 11.3 Å². The highest BCUT2D eigenvalue weighted by Crippen LogP contribution is 2.32.